The molecule has 0 amide bonds. The van der Waals surface area contributed by atoms with E-state index in [1.807, 2.05) is 0 Å². The van der Waals surface area contributed by atoms with Gasteiger partial charge in [0.25, 0.3) is 0 Å². The highest BCUT2D eigenvalue weighted by molar-refractivity contribution is 8.68. The van der Waals surface area contributed by atoms with Crippen molar-refractivity contribution in [2.75, 3.05) is 14.2 Å². The topological polar surface area (TPSA) is 38.7 Å². The first-order valence-electron chi connectivity index (χ1n) is 4.69. The Labute approximate surface area is 94.5 Å². The number of hydrogen-bond acceptors (Lipinski definition) is 5. The van der Waals surface area contributed by atoms with Gasteiger partial charge in [0, 0.05) is 19.5 Å². The largest absolute Gasteiger partial charge is 0.392 e. The molecule has 0 spiro atoms. The second-order valence-corrected chi connectivity index (χ2v) is 9.96. The van der Waals surface area contributed by atoms with Gasteiger partial charge in [-0.2, -0.15) is 0 Å². The highest BCUT2D eigenvalue weighted by Gasteiger charge is 2.30. The van der Waals surface area contributed by atoms with Crippen LogP contribution in [0, 0.1) is 0 Å². The van der Waals surface area contributed by atoms with Crippen LogP contribution >= 0.6 is 17.1 Å². The van der Waals surface area contributed by atoms with Crippen LogP contribution in [0.15, 0.2) is 0 Å². The van der Waals surface area contributed by atoms with E-state index in [1.165, 1.54) is 11.4 Å². The Morgan fingerprint density at radius 3 is 2.36 bits per heavy atom. The van der Waals surface area contributed by atoms with Crippen LogP contribution < -0.4 is 0 Å². The molecule has 0 aliphatic heterocycles. The number of aliphatic hydroxyl groups is 1. The summed E-state index contributed by atoms with van der Waals surface area (Å²) in [5, 5.41) is 9.95. The molecule has 0 heterocycles. The van der Waals surface area contributed by atoms with Crippen LogP contribution in [0.3, 0.4) is 0 Å². The molecule has 1 saturated carbocycles. The van der Waals surface area contributed by atoms with Gasteiger partial charge in [-0.25, -0.2) is 0 Å². The molecule has 1 N–H and O–H groups in total. The molecule has 0 aromatic carbocycles. The summed E-state index contributed by atoms with van der Waals surface area (Å²) in [6, 6.07) is 0. The summed E-state index contributed by atoms with van der Waals surface area (Å²) in [5.41, 5.74) is -2.20. The SMILES string of the molecule is COP(=S)(OC)S[C@H]1CCCC[C@@H]1O. The van der Waals surface area contributed by atoms with Crippen LogP contribution in [-0.4, -0.2) is 30.7 Å². The fraction of sp³-hybridized carbons (Fsp3) is 1.00. The average Bonchev–Trinajstić information content (AvgIpc) is 2.21. The van der Waals surface area contributed by atoms with Crippen molar-refractivity contribution in [3.8, 4) is 0 Å². The fourth-order valence-corrected chi connectivity index (χ4v) is 5.97. The van der Waals surface area contributed by atoms with Crippen LogP contribution in [0.25, 0.3) is 0 Å². The van der Waals surface area contributed by atoms with Crippen molar-refractivity contribution < 1.29 is 14.2 Å². The van der Waals surface area contributed by atoms with Crippen molar-refractivity contribution in [3.05, 3.63) is 0 Å². The summed E-state index contributed by atoms with van der Waals surface area (Å²) < 4.78 is 10.4. The van der Waals surface area contributed by atoms with Crippen LogP contribution in [0.4, 0.5) is 0 Å². The van der Waals surface area contributed by atoms with Crippen LogP contribution in [0.5, 0.6) is 0 Å². The molecular formula is C8H17O3PS2. The Balaban J connectivity index is 2.52. The molecule has 3 nitrogen and oxygen atoms in total. The summed E-state index contributed by atoms with van der Waals surface area (Å²) >= 11 is 6.76. The van der Waals surface area contributed by atoms with E-state index in [1.54, 1.807) is 14.2 Å². The number of hydrogen-bond donors (Lipinski definition) is 1. The van der Waals surface area contributed by atoms with Crippen molar-refractivity contribution in [2.45, 2.75) is 37.0 Å². The summed E-state index contributed by atoms with van der Waals surface area (Å²) in [5.74, 6) is 0. The van der Waals surface area contributed by atoms with Gasteiger partial charge in [0.2, 0.25) is 5.69 Å². The first-order chi connectivity index (χ1) is 6.61. The molecule has 0 unspecified atom stereocenters. The fourth-order valence-electron chi connectivity index (χ4n) is 1.53. The van der Waals surface area contributed by atoms with Gasteiger partial charge in [-0.05, 0) is 24.6 Å². The Morgan fingerprint density at radius 1 is 1.29 bits per heavy atom. The van der Waals surface area contributed by atoms with Gasteiger partial charge in [-0.1, -0.05) is 24.2 Å². The van der Waals surface area contributed by atoms with Crippen molar-refractivity contribution >= 4 is 28.9 Å². The first-order valence-corrected chi connectivity index (χ1v) is 8.81. The molecule has 1 aliphatic carbocycles. The zero-order valence-electron chi connectivity index (χ0n) is 8.51. The van der Waals surface area contributed by atoms with Crippen molar-refractivity contribution in [3.63, 3.8) is 0 Å². The molecule has 0 radical (unpaired) electrons. The monoisotopic (exact) mass is 256 g/mol. The van der Waals surface area contributed by atoms with Crippen LogP contribution in [0.1, 0.15) is 25.7 Å². The van der Waals surface area contributed by atoms with E-state index in [2.05, 4.69) is 0 Å². The van der Waals surface area contributed by atoms with Gasteiger partial charge in [0.1, 0.15) is 0 Å². The van der Waals surface area contributed by atoms with E-state index >= 15 is 0 Å². The third-order valence-corrected chi connectivity index (χ3v) is 8.50. The molecule has 0 aromatic rings. The van der Waals surface area contributed by atoms with Crippen LogP contribution in [-0.2, 0) is 20.9 Å². The molecule has 0 saturated heterocycles. The molecule has 1 rings (SSSR count). The van der Waals surface area contributed by atoms with Crippen molar-refractivity contribution in [1.29, 1.82) is 0 Å². The Hall–Kier alpha value is 0.880. The van der Waals surface area contributed by atoms with Gasteiger partial charge in [-0.15, -0.1) is 0 Å². The van der Waals surface area contributed by atoms with Gasteiger partial charge >= 0.3 is 0 Å². The van der Waals surface area contributed by atoms with Crippen LogP contribution in [0.2, 0.25) is 0 Å². The molecule has 6 heteroatoms. The zero-order chi connectivity index (χ0) is 10.6. The highest BCUT2D eigenvalue weighted by atomic mass is 32.9. The second kappa shape index (κ2) is 5.83. The molecule has 0 aromatic heterocycles. The van der Waals surface area contributed by atoms with Gasteiger partial charge < -0.3 is 14.2 Å². The summed E-state index contributed by atoms with van der Waals surface area (Å²) in [7, 11) is 3.15. The quantitative estimate of drug-likeness (QED) is 0.783. The van der Waals surface area contributed by atoms with Crippen molar-refractivity contribution in [2.24, 2.45) is 0 Å². The Morgan fingerprint density at radius 2 is 1.86 bits per heavy atom. The van der Waals surface area contributed by atoms with Gasteiger partial charge in [-0.3, -0.25) is 0 Å². The summed E-state index contributed by atoms with van der Waals surface area (Å²) in [6.07, 6.45) is 3.91. The lowest BCUT2D eigenvalue weighted by Gasteiger charge is -2.30. The molecule has 84 valence electrons. The lowest BCUT2D eigenvalue weighted by Crippen LogP contribution is -2.26. The smallest absolute Gasteiger partial charge is 0.247 e. The van der Waals surface area contributed by atoms with E-state index in [-0.39, 0.29) is 11.4 Å². The normalized spacial score (nSPS) is 29.1. The molecule has 0 bridgehead atoms. The zero-order valence-corrected chi connectivity index (χ0v) is 11.0. The number of rotatable bonds is 4. The summed E-state index contributed by atoms with van der Waals surface area (Å²) in [6.45, 7) is 0. The maximum atomic E-state index is 9.76. The summed E-state index contributed by atoms with van der Waals surface area (Å²) in [4.78, 5) is 0. The predicted octanol–water partition coefficient (Wildman–Crippen LogP) is 2.54. The van der Waals surface area contributed by atoms with E-state index in [4.69, 9.17) is 20.9 Å². The van der Waals surface area contributed by atoms with E-state index in [0.29, 0.717) is 0 Å². The number of aliphatic hydroxyl groups excluding tert-OH is 1. The minimum Gasteiger partial charge on any atom is -0.392 e. The predicted molar refractivity (Wildman–Crippen MR) is 64.2 cm³/mol. The minimum atomic E-state index is -2.20. The standard InChI is InChI=1S/C8H17O3PS2/c1-10-12(13,11-2)14-8-6-4-3-5-7(8)9/h7-9H,3-6H2,1-2H3/t7-,8-/m0/s1. The highest BCUT2D eigenvalue weighted by Crippen LogP contribution is 2.63. The third kappa shape index (κ3) is 3.47. The minimum absolute atomic E-state index is 0.189. The molecular weight excluding hydrogens is 239 g/mol. The molecule has 2 atom stereocenters. The molecule has 1 aliphatic rings. The maximum Gasteiger partial charge on any atom is 0.247 e. The van der Waals surface area contributed by atoms with Gasteiger partial charge in [0.05, 0.1) is 6.10 Å². The van der Waals surface area contributed by atoms with E-state index < -0.39 is 5.69 Å². The average molecular weight is 256 g/mol. The Bertz CT molecular complexity index is 217. The van der Waals surface area contributed by atoms with Gasteiger partial charge in [0.15, 0.2) is 0 Å². The van der Waals surface area contributed by atoms with Crippen molar-refractivity contribution in [1.82, 2.24) is 0 Å². The Kier molecular flexibility index (Phi) is 5.39. The first kappa shape index (κ1) is 12.9. The lowest BCUT2D eigenvalue weighted by atomic mass is 9.97. The lowest BCUT2D eigenvalue weighted by molar-refractivity contribution is 0.137. The van der Waals surface area contributed by atoms with E-state index in [9.17, 15) is 5.11 Å². The second-order valence-electron chi connectivity index (χ2n) is 3.31. The third-order valence-electron chi connectivity index (χ3n) is 2.38. The molecule has 1 fully saturated rings. The molecule has 14 heavy (non-hydrogen) atoms. The maximum absolute atomic E-state index is 9.76. The van der Waals surface area contributed by atoms with E-state index in [0.717, 1.165) is 25.7 Å².